The Morgan fingerprint density at radius 3 is 2.75 bits per heavy atom. The minimum absolute atomic E-state index is 0.000911. The maximum atomic E-state index is 13.3. The van der Waals surface area contributed by atoms with E-state index in [2.05, 4.69) is 19.2 Å². The number of carbonyl (C=O) groups is 2. The highest BCUT2D eigenvalue weighted by molar-refractivity contribution is 6.04. The van der Waals surface area contributed by atoms with Gasteiger partial charge in [-0.2, -0.15) is 0 Å². The van der Waals surface area contributed by atoms with E-state index in [1.54, 1.807) is 18.2 Å². The van der Waals surface area contributed by atoms with E-state index >= 15 is 0 Å². The number of dihydropyridines is 1. The number of allylic oxidation sites excluding steroid dienone is 3. The SMILES string of the molecule is COc1ccc([C@H]2C(C(=O)OC[C@H]3CCCO3)=C(C)NC3=C2C(=O)CC(C)(C)C3)cc1O. The van der Waals surface area contributed by atoms with Gasteiger partial charge in [-0.25, -0.2) is 4.79 Å². The quantitative estimate of drug-likeness (QED) is 0.673. The first-order chi connectivity index (χ1) is 15.2. The number of rotatable bonds is 5. The number of carbonyl (C=O) groups excluding carboxylic acids is 2. The van der Waals surface area contributed by atoms with Crippen LogP contribution in [0.25, 0.3) is 0 Å². The maximum absolute atomic E-state index is 13.3. The van der Waals surface area contributed by atoms with Crippen molar-refractivity contribution in [3.05, 3.63) is 46.3 Å². The van der Waals surface area contributed by atoms with Crippen molar-refractivity contribution in [1.82, 2.24) is 5.32 Å². The van der Waals surface area contributed by atoms with Gasteiger partial charge >= 0.3 is 5.97 Å². The molecular formula is C25H31NO6. The summed E-state index contributed by atoms with van der Waals surface area (Å²) < 4.78 is 16.4. The molecule has 2 heterocycles. The Morgan fingerprint density at radius 2 is 2.09 bits per heavy atom. The molecule has 1 aromatic rings. The Hall–Kier alpha value is -2.80. The molecule has 172 valence electrons. The largest absolute Gasteiger partial charge is 0.504 e. The van der Waals surface area contributed by atoms with Gasteiger partial charge in [-0.1, -0.05) is 19.9 Å². The molecule has 0 spiro atoms. The van der Waals surface area contributed by atoms with Gasteiger partial charge in [0.2, 0.25) is 0 Å². The van der Waals surface area contributed by atoms with Gasteiger partial charge in [0.15, 0.2) is 17.3 Å². The summed E-state index contributed by atoms with van der Waals surface area (Å²) >= 11 is 0. The summed E-state index contributed by atoms with van der Waals surface area (Å²) in [5, 5.41) is 13.7. The fraction of sp³-hybridized carbons (Fsp3) is 0.520. The summed E-state index contributed by atoms with van der Waals surface area (Å²) in [6.45, 7) is 6.82. The molecule has 7 heteroatoms. The minimum Gasteiger partial charge on any atom is -0.504 e. The van der Waals surface area contributed by atoms with Gasteiger partial charge < -0.3 is 24.6 Å². The highest BCUT2D eigenvalue weighted by atomic mass is 16.6. The third-order valence-electron chi connectivity index (χ3n) is 6.42. The Morgan fingerprint density at radius 1 is 1.31 bits per heavy atom. The van der Waals surface area contributed by atoms with Gasteiger partial charge in [0, 0.05) is 35.9 Å². The van der Waals surface area contributed by atoms with Gasteiger partial charge in [0.25, 0.3) is 0 Å². The molecule has 0 unspecified atom stereocenters. The molecule has 2 N–H and O–H groups in total. The van der Waals surface area contributed by atoms with Gasteiger partial charge in [-0.15, -0.1) is 0 Å². The van der Waals surface area contributed by atoms with Crippen LogP contribution in [0, 0.1) is 5.41 Å². The molecule has 2 atom stereocenters. The molecule has 1 aromatic carbocycles. The van der Waals surface area contributed by atoms with Crippen molar-refractivity contribution in [2.45, 2.75) is 58.5 Å². The smallest absolute Gasteiger partial charge is 0.336 e. The monoisotopic (exact) mass is 441 g/mol. The zero-order valence-corrected chi connectivity index (χ0v) is 19.1. The van der Waals surface area contributed by atoms with Crippen molar-refractivity contribution in [3.63, 3.8) is 0 Å². The normalized spacial score (nSPS) is 24.8. The number of ether oxygens (including phenoxy) is 3. The number of esters is 1. The molecule has 2 aliphatic heterocycles. The standard InChI is InChI=1S/C25H31NO6/c1-14-21(24(29)32-13-16-6-5-9-31-16)22(15-7-8-20(30-4)18(27)10-15)23-17(26-14)11-25(2,3)12-19(23)28/h7-8,10,16,22,26-27H,5-6,9,11-13H2,1-4H3/t16-,22+/m1/s1. The second-order valence-electron chi connectivity index (χ2n) is 9.59. The van der Waals surface area contributed by atoms with Crippen molar-refractivity contribution in [1.29, 1.82) is 0 Å². The summed E-state index contributed by atoms with van der Waals surface area (Å²) in [5.41, 5.74) is 2.93. The van der Waals surface area contributed by atoms with Gasteiger partial charge in [0.1, 0.15) is 6.61 Å². The Labute approximate surface area is 188 Å². The molecule has 32 heavy (non-hydrogen) atoms. The Balaban J connectivity index is 1.74. The molecule has 1 saturated heterocycles. The number of Topliss-reactive ketones (excluding diaryl/α,β-unsaturated/α-hetero) is 1. The third kappa shape index (κ3) is 4.26. The first-order valence-electron chi connectivity index (χ1n) is 11.1. The number of hydrogen-bond donors (Lipinski definition) is 2. The van der Waals surface area contributed by atoms with E-state index in [9.17, 15) is 14.7 Å². The lowest BCUT2D eigenvalue weighted by Gasteiger charge is -2.39. The van der Waals surface area contributed by atoms with Crippen LogP contribution in [0.15, 0.2) is 40.7 Å². The van der Waals surface area contributed by atoms with E-state index in [0.29, 0.717) is 47.6 Å². The van der Waals surface area contributed by atoms with Crippen LogP contribution in [0.5, 0.6) is 11.5 Å². The van der Waals surface area contributed by atoms with E-state index < -0.39 is 11.9 Å². The fourth-order valence-electron chi connectivity index (χ4n) is 4.95. The summed E-state index contributed by atoms with van der Waals surface area (Å²) in [6.07, 6.45) is 2.82. The number of methoxy groups -OCH3 is 1. The van der Waals surface area contributed by atoms with Gasteiger partial charge in [0.05, 0.1) is 18.8 Å². The van der Waals surface area contributed by atoms with Crippen LogP contribution in [-0.2, 0) is 19.1 Å². The number of hydrogen-bond acceptors (Lipinski definition) is 7. The molecule has 0 bridgehead atoms. The molecule has 0 radical (unpaired) electrons. The van der Waals surface area contributed by atoms with E-state index in [4.69, 9.17) is 14.2 Å². The van der Waals surface area contributed by atoms with Crippen LogP contribution < -0.4 is 10.1 Å². The second-order valence-corrected chi connectivity index (χ2v) is 9.59. The zero-order valence-electron chi connectivity index (χ0n) is 19.1. The maximum Gasteiger partial charge on any atom is 0.336 e. The van der Waals surface area contributed by atoms with Crippen LogP contribution in [-0.4, -0.2) is 43.3 Å². The minimum atomic E-state index is -0.622. The van der Waals surface area contributed by atoms with Crippen LogP contribution in [0.1, 0.15) is 57.9 Å². The molecule has 7 nitrogen and oxygen atoms in total. The predicted octanol–water partition coefficient (Wildman–Crippen LogP) is 3.73. The van der Waals surface area contributed by atoms with Crippen molar-refractivity contribution < 1.29 is 28.9 Å². The van der Waals surface area contributed by atoms with Crippen LogP contribution >= 0.6 is 0 Å². The van der Waals surface area contributed by atoms with Crippen molar-refractivity contribution in [2.24, 2.45) is 5.41 Å². The second kappa shape index (κ2) is 8.62. The molecule has 4 rings (SSSR count). The summed E-state index contributed by atoms with van der Waals surface area (Å²) in [6, 6.07) is 4.99. The summed E-state index contributed by atoms with van der Waals surface area (Å²) in [5.74, 6) is -0.810. The van der Waals surface area contributed by atoms with Crippen LogP contribution in [0.3, 0.4) is 0 Å². The van der Waals surface area contributed by atoms with Crippen LogP contribution in [0.4, 0.5) is 0 Å². The number of benzene rings is 1. The fourth-order valence-corrected chi connectivity index (χ4v) is 4.95. The summed E-state index contributed by atoms with van der Waals surface area (Å²) in [4.78, 5) is 26.6. The highest BCUT2D eigenvalue weighted by Gasteiger charge is 2.43. The van der Waals surface area contributed by atoms with Crippen LogP contribution in [0.2, 0.25) is 0 Å². The number of phenols is 1. The highest BCUT2D eigenvalue weighted by Crippen LogP contribution is 2.47. The average Bonchev–Trinajstić information content (AvgIpc) is 3.23. The molecule has 0 saturated carbocycles. The van der Waals surface area contributed by atoms with E-state index in [0.717, 1.165) is 18.5 Å². The first-order valence-corrected chi connectivity index (χ1v) is 11.1. The first kappa shape index (κ1) is 22.4. The predicted molar refractivity (Wildman–Crippen MR) is 118 cm³/mol. The van der Waals surface area contributed by atoms with E-state index in [-0.39, 0.29) is 29.7 Å². The van der Waals surface area contributed by atoms with E-state index in [1.165, 1.54) is 7.11 Å². The Kier molecular flexibility index (Phi) is 6.03. The molecular weight excluding hydrogens is 410 g/mol. The molecule has 1 fully saturated rings. The Bertz CT molecular complexity index is 1000. The van der Waals surface area contributed by atoms with Gasteiger partial charge in [-0.3, -0.25) is 4.79 Å². The van der Waals surface area contributed by atoms with E-state index in [1.807, 2.05) is 6.92 Å². The zero-order chi connectivity index (χ0) is 23.0. The van der Waals surface area contributed by atoms with Crippen molar-refractivity contribution in [2.75, 3.05) is 20.3 Å². The lowest BCUT2D eigenvalue weighted by atomic mass is 9.68. The van der Waals surface area contributed by atoms with Crippen molar-refractivity contribution in [3.8, 4) is 11.5 Å². The number of aromatic hydroxyl groups is 1. The lowest BCUT2D eigenvalue weighted by Crippen LogP contribution is -2.39. The molecule has 3 aliphatic rings. The average molecular weight is 442 g/mol. The lowest BCUT2D eigenvalue weighted by molar-refractivity contribution is -0.142. The number of nitrogens with one attached hydrogen (secondary N) is 1. The molecule has 0 aromatic heterocycles. The molecule has 1 aliphatic carbocycles. The number of phenolic OH excluding ortho intramolecular Hbond substituents is 1. The van der Waals surface area contributed by atoms with Crippen molar-refractivity contribution >= 4 is 11.8 Å². The molecule has 0 amide bonds. The third-order valence-corrected chi connectivity index (χ3v) is 6.42. The van der Waals surface area contributed by atoms with Gasteiger partial charge in [-0.05, 0) is 49.3 Å². The number of ketones is 1. The summed E-state index contributed by atoms with van der Waals surface area (Å²) in [7, 11) is 1.48. The topological polar surface area (TPSA) is 94.1 Å².